The average molecular weight is 178 g/mol. The Bertz CT molecular complexity index is 205. The quantitative estimate of drug-likeness (QED) is 0.169. The van der Waals surface area contributed by atoms with Crippen LogP contribution >= 0.6 is 7.82 Å². The van der Waals surface area contributed by atoms with Gasteiger partial charge in [0.25, 0.3) is 0 Å². The van der Waals surface area contributed by atoms with Crippen LogP contribution in [0.25, 0.3) is 0 Å². The van der Waals surface area contributed by atoms with Gasteiger partial charge in [0.15, 0.2) is 0 Å². The van der Waals surface area contributed by atoms with Gasteiger partial charge >= 0.3 is 7.82 Å². The number of hydrogen-bond acceptors (Lipinski definition) is 4. The number of terminal acetylenes is 1. The summed E-state index contributed by atoms with van der Waals surface area (Å²) < 4.78 is 18.5. The highest BCUT2D eigenvalue weighted by atomic mass is 31.2. The Labute approximate surface area is 64.1 Å². The summed E-state index contributed by atoms with van der Waals surface area (Å²) >= 11 is 0. The summed E-state index contributed by atoms with van der Waals surface area (Å²) in [5.41, 5.74) is 0. The van der Waals surface area contributed by atoms with Crippen molar-refractivity contribution >= 4 is 7.82 Å². The molecule has 11 heavy (non-hydrogen) atoms. The molecule has 0 rings (SSSR count). The maximum Gasteiger partial charge on any atom is 0.554 e. The molecule has 0 aliphatic rings. The van der Waals surface area contributed by atoms with Crippen molar-refractivity contribution in [3.05, 3.63) is 12.8 Å². The summed E-state index contributed by atoms with van der Waals surface area (Å²) in [5.74, 6) is 2.02. The topological polar surface area (TPSA) is 65.0 Å². The molecular formula is C5H7O5P. The molecule has 0 aromatic carbocycles. The van der Waals surface area contributed by atoms with Crippen LogP contribution in [0.4, 0.5) is 0 Å². The van der Waals surface area contributed by atoms with Gasteiger partial charge in [-0.2, -0.15) is 0 Å². The Morgan fingerprint density at radius 2 is 2.45 bits per heavy atom. The largest absolute Gasteiger partial charge is 0.554 e. The Morgan fingerprint density at radius 3 is 2.91 bits per heavy atom. The zero-order valence-corrected chi connectivity index (χ0v) is 6.49. The van der Waals surface area contributed by atoms with E-state index in [1.807, 2.05) is 5.92 Å². The highest BCUT2D eigenvalue weighted by molar-refractivity contribution is 7.47. The number of rotatable bonds is 5. The van der Waals surface area contributed by atoms with Gasteiger partial charge in [0.2, 0.25) is 0 Å². The first-order valence-corrected chi connectivity index (χ1v) is 3.98. The van der Waals surface area contributed by atoms with Crippen molar-refractivity contribution in [2.75, 3.05) is 6.61 Å². The predicted molar refractivity (Wildman–Crippen MR) is 37.0 cm³/mol. The van der Waals surface area contributed by atoms with Crippen molar-refractivity contribution in [1.82, 2.24) is 0 Å². The molecule has 0 aliphatic carbocycles. The van der Waals surface area contributed by atoms with E-state index in [9.17, 15) is 4.57 Å². The molecule has 0 bridgehead atoms. The van der Waals surface area contributed by atoms with Gasteiger partial charge in [0.1, 0.15) is 6.61 Å². The number of hydrogen-bond donors (Lipinski definition) is 1. The van der Waals surface area contributed by atoms with Crippen molar-refractivity contribution in [3.8, 4) is 12.3 Å². The molecule has 1 atom stereocenters. The molecule has 6 heteroatoms. The van der Waals surface area contributed by atoms with Crippen LogP contribution in [0.2, 0.25) is 0 Å². The van der Waals surface area contributed by atoms with E-state index in [0.29, 0.717) is 0 Å². The highest BCUT2D eigenvalue weighted by Crippen LogP contribution is 2.43. The lowest BCUT2D eigenvalue weighted by molar-refractivity contribution is -0.210. The molecule has 0 aliphatic heterocycles. The smallest absolute Gasteiger partial charge is 0.411 e. The number of phosphoric acid groups is 1. The third kappa shape index (κ3) is 5.64. The molecule has 5 nitrogen and oxygen atoms in total. The second-order valence-electron chi connectivity index (χ2n) is 1.28. The minimum atomic E-state index is -4.16. The number of phosphoric ester groups is 1. The molecule has 0 amide bonds. The standard InChI is InChI=1S/C5H7O5P/c1-3-5-8-10-11(6,7)9-4-2/h1,4H,2,5H2,(H,6,7). The minimum absolute atomic E-state index is 0.231. The molecule has 1 unspecified atom stereocenters. The molecule has 0 saturated heterocycles. The first kappa shape index (κ1) is 10.2. The van der Waals surface area contributed by atoms with Crippen molar-refractivity contribution in [3.63, 3.8) is 0 Å². The fourth-order valence-electron chi connectivity index (χ4n) is 0.239. The first-order valence-electron chi connectivity index (χ1n) is 2.49. The third-order valence-electron chi connectivity index (χ3n) is 0.497. The Kier molecular flexibility index (Phi) is 4.59. The van der Waals surface area contributed by atoms with E-state index in [-0.39, 0.29) is 6.61 Å². The molecule has 0 radical (unpaired) electrons. The fourth-order valence-corrected chi connectivity index (χ4v) is 0.648. The lowest BCUT2D eigenvalue weighted by Crippen LogP contribution is -1.93. The van der Waals surface area contributed by atoms with Gasteiger partial charge in [-0.15, -0.1) is 11.1 Å². The van der Waals surface area contributed by atoms with Gasteiger partial charge in [-0.3, -0.25) is 4.89 Å². The van der Waals surface area contributed by atoms with Crippen LogP contribution in [0.3, 0.4) is 0 Å². The van der Waals surface area contributed by atoms with Crippen molar-refractivity contribution in [2.24, 2.45) is 0 Å². The van der Waals surface area contributed by atoms with Crippen LogP contribution in [0.1, 0.15) is 0 Å². The lowest BCUT2D eigenvalue weighted by Gasteiger charge is -2.06. The molecule has 1 N–H and O–H groups in total. The van der Waals surface area contributed by atoms with Gasteiger partial charge < -0.3 is 4.52 Å². The van der Waals surface area contributed by atoms with E-state index in [1.165, 1.54) is 0 Å². The molecule has 62 valence electrons. The second kappa shape index (κ2) is 4.94. The predicted octanol–water partition coefficient (Wildman–Crippen LogP) is 0.828. The maximum absolute atomic E-state index is 10.5. The van der Waals surface area contributed by atoms with E-state index in [1.54, 1.807) is 0 Å². The van der Waals surface area contributed by atoms with E-state index in [0.717, 1.165) is 6.26 Å². The van der Waals surface area contributed by atoms with Crippen molar-refractivity contribution < 1.29 is 23.5 Å². The van der Waals surface area contributed by atoms with Gasteiger partial charge in [0.05, 0.1) is 6.26 Å². The molecule has 0 heterocycles. The SMILES string of the molecule is C#CCOOP(=O)(O)OC=C. The lowest BCUT2D eigenvalue weighted by atomic mass is 10.8. The Hall–Kier alpha value is -0.790. The fraction of sp³-hybridized carbons (Fsp3) is 0.200. The molecule has 0 fully saturated rings. The summed E-state index contributed by atoms with van der Waals surface area (Å²) in [5, 5.41) is 0. The summed E-state index contributed by atoms with van der Waals surface area (Å²) in [4.78, 5) is 12.7. The monoisotopic (exact) mass is 178 g/mol. The molecule has 0 aromatic rings. The van der Waals surface area contributed by atoms with Crippen molar-refractivity contribution in [2.45, 2.75) is 0 Å². The third-order valence-corrected chi connectivity index (χ3v) is 1.21. The normalized spacial score (nSPS) is 14.5. The van der Waals surface area contributed by atoms with Crippen molar-refractivity contribution in [1.29, 1.82) is 0 Å². The van der Waals surface area contributed by atoms with Crippen LogP contribution in [0.5, 0.6) is 0 Å². The van der Waals surface area contributed by atoms with E-state index in [4.69, 9.17) is 11.3 Å². The summed E-state index contributed by atoms with van der Waals surface area (Å²) in [7, 11) is -4.16. The van der Waals surface area contributed by atoms with E-state index < -0.39 is 7.82 Å². The van der Waals surface area contributed by atoms with Crippen LogP contribution in [-0.4, -0.2) is 11.5 Å². The maximum atomic E-state index is 10.5. The van der Waals surface area contributed by atoms with Crippen LogP contribution in [-0.2, 0) is 18.7 Å². The highest BCUT2D eigenvalue weighted by Gasteiger charge is 2.21. The molecule has 0 aromatic heterocycles. The van der Waals surface area contributed by atoms with E-state index >= 15 is 0 Å². The molecule has 0 spiro atoms. The van der Waals surface area contributed by atoms with Gasteiger partial charge in [-0.1, -0.05) is 12.5 Å². The van der Waals surface area contributed by atoms with Gasteiger partial charge in [-0.05, 0) is 0 Å². The Balaban J connectivity index is 3.65. The zero-order chi connectivity index (χ0) is 8.74. The molecular weight excluding hydrogens is 171 g/mol. The van der Waals surface area contributed by atoms with Crippen LogP contribution in [0, 0.1) is 12.3 Å². The summed E-state index contributed by atoms with van der Waals surface area (Å²) in [6.07, 6.45) is 5.51. The minimum Gasteiger partial charge on any atom is -0.411 e. The second-order valence-corrected chi connectivity index (χ2v) is 2.58. The van der Waals surface area contributed by atoms with E-state index in [2.05, 4.69) is 20.7 Å². The van der Waals surface area contributed by atoms with Gasteiger partial charge in [-0.25, -0.2) is 9.45 Å². The van der Waals surface area contributed by atoms with Gasteiger partial charge in [0, 0.05) is 0 Å². The van der Waals surface area contributed by atoms with Crippen LogP contribution in [0.15, 0.2) is 12.8 Å². The summed E-state index contributed by atoms with van der Waals surface area (Å²) in [6.45, 7) is 2.81. The molecule has 0 saturated carbocycles. The van der Waals surface area contributed by atoms with Crippen LogP contribution < -0.4 is 0 Å². The average Bonchev–Trinajstić information content (AvgIpc) is 1.87. The zero-order valence-electron chi connectivity index (χ0n) is 5.60. The first-order chi connectivity index (χ1) is 5.12. The Morgan fingerprint density at radius 1 is 1.82 bits per heavy atom. The summed E-state index contributed by atoms with van der Waals surface area (Å²) in [6, 6.07) is 0.